The van der Waals surface area contributed by atoms with Crippen molar-refractivity contribution in [1.82, 2.24) is 14.8 Å². The summed E-state index contributed by atoms with van der Waals surface area (Å²) in [5.41, 5.74) is 0. The zero-order chi connectivity index (χ0) is 10.6. The molecule has 0 radical (unpaired) electrons. The van der Waals surface area contributed by atoms with Gasteiger partial charge in [0.15, 0.2) is 4.77 Å². The molecule has 0 spiro atoms. The third kappa shape index (κ3) is 2.60. The van der Waals surface area contributed by atoms with E-state index in [1.54, 1.807) is 0 Å². The molecule has 0 bridgehead atoms. The Hall–Kier alpha value is -0.290. The highest BCUT2D eigenvalue weighted by molar-refractivity contribution is 7.99. The van der Waals surface area contributed by atoms with E-state index in [0.717, 1.165) is 28.5 Å². The van der Waals surface area contributed by atoms with E-state index in [1.807, 2.05) is 11.8 Å². The van der Waals surface area contributed by atoms with Gasteiger partial charge in [-0.25, -0.2) is 0 Å². The van der Waals surface area contributed by atoms with Gasteiger partial charge in [-0.15, -0.1) is 0 Å². The van der Waals surface area contributed by atoms with Crippen molar-refractivity contribution in [1.29, 1.82) is 0 Å². The molecule has 1 N–H and O–H groups in total. The minimum absolute atomic E-state index is 0.432. The molecule has 1 unspecified atom stereocenters. The summed E-state index contributed by atoms with van der Waals surface area (Å²) in [6.45, 7) is 6.46. The summed E-state index contributed by atoms with van der Waals surface area (Å²) in [5, 5.41) is 7.05. The fourth-order valence-corrected chi connectivity index (χ4v) is 2.46. The normalized spacial score (nSPS) is 13.1. The van der Waals surface area contributed by atoms with Crippen LogP contribution in [0.2, 0.25) is 0 Å². The quantitative estimate of drug-likeness (QED) is 0.791. The van der Waals surface area contributed by atoms with E-state index in [9.17, 15) is 0 Å². The molecule has 0 saturated heterocycles. The lowest BCUT2D eigenvalue weighted by atomic mass is 10.3. The van der Waals surface area contributed by atoms with Gasteiger partial charge in [-0.2, -0.15) is 16.9 Å². The molecule has 1 atom stereocenters. The van der Waals surface area contributed by atoms with Gasteiger partial charge in [0.05, 0.1) is 0 Å². The average molecular weight is 231 g/mol. The number of thioether (sulfide) groups is 1. The summed E-state index contributed by atoms with van der Waals surface area (Å²) in [5.74, 6) is 3.30. The molecule has 0 aliphatic heterocycles. The largest absolute Gasteiger partial charge is 0.300 e. The lowest BCUT2D eigenvalue weighted by Gasteiger charge is -2.13. The molecule has 0 amide bonds. The van der Waals surface area contributed by atoms with Gasteiger partial charge in [-0.3, -0.25) is 5.10 Å². The van der Waals surface area contributed by atoms with Crippen LogP contribution in [0, 0.1) is 4.77 Å². The molecule has 1 aromatic heterocycles. The monoisotopic (exact) mass is 231 g/mol. The van der Waals surface area contributed by atoms with Gasteiger partial charge in [0.2, 0.25) is 0 Å². The van der Waals surface area contributed by atoms with Crippen LogP contribution in [0.15, 0.2) is 0 Å². The molecule has 5 heteroatoms. The smallest absolute Gasteiger partial charge is 0.195 e. The van der Waals surface area contributed by atoms with Crippen molar-refractivity contribution in [3.63, 3.8) is 0 Å². The molecule has 0 aliphatic carbocycles. The minimum Gasteiger partial charge on any atom is -0.300 e. The first-order chi connectivity index (χ1) is 6.70. The van der Waals surface area contributed by atoms with E-state index in [0.29, 0.717) is 6.04 Å². The molecule has 80 valence electrons. The Morgan fingerprint density at radius 1 is 1.57 bits per heavy atom. The number of rotatable bonds is 5. The third-order valence-electron chi connectivity index (χ3n) is 2.10. The van der Waals surface area contributed by atoms with Crippen LogP contribution >= 0.6 is 24.0 Å². The molecule has 0 aliphatic rings. The molecule has 1 aromatic rings. The lowest BCUT2D eigenvalue weighted by molar-refractivity contribution is 0.573. The predicted molar refractivity (Wildman–Crippen MR) is 64.5 cm³/mol. The van der Waals surface area contributed by atoms with Gasteiger partial charge in [0.1, 0.15) is 5.82 Å². The van der Waals surface area contributed by atoms with Crippen LogP contribution in [0.1, 0.15) is 32.6 Å². The van der Waals surface area contributed by atoms with E-state index in [4.69, 9.17) is 12.2 Å². The van der Waals surface area contributed by atoms with Crippen LogP contribution in [0.3, 0.4) is 0 Å². The number of hydrogen-bond acceptors (Lipinski definition) is 3. The summed E-state index contributed by atoms with van der Waals surface area (Å²) in [6, 6.07) is 0.432. The van der Waals surface area contributed by atoms with Gasteiger partial charge in [0, 0.05) is 18.2 Å². The first-order valence-electron chi connectivity index (χ1n) is 4.94. The highest BCUT2D eigenvalue weighted by Crippen LogP contribution is 2.15. The van der Waals surface area contributed by atoms with Crippen molar-refractivity contribution in [2.45, 2.75) is 33.2 Å². The minimum atomic E-state index is 0.432. The van der Waals surface area contributed by atoms with Crippen LogP contribution in [0.4, 0.5) is 0 Å². The van der Waals surface area contributed by atoms with Crippen molar-refractivity contribution in [2.24, 2.45) is 0 Å². The van der Waals surface area contributed by atoms with Crippen LogP contribution in [0.25, 0.3) is 0 Å². The molecule has 1 rings (SSSR count). The highest BCUT2D eigenvalue weighted by atomic mass is 32.2. The fourth-order valence-electron chi connectivity index (χ4n) is 1.40. The SMILES string of the molecule is CCSCC(C)n1c(CC)n[nH]c1=S. The molecule has 3 nitrogen and oxygen atoms in total. The first kappa shape index (κ1) is 11.8. The van der Waals surface area contributed by atoms with Crippen molar-refractivity contribution < 1.29 is 0 Å². The molecule has 1 heterocycles. The van der Waals surface area contributed by atoms with Gasteiger partial charge < -0.3 is 4.57 Å². The van der Waals surface area contributed by atoms with Crippen LogP contribution in [0.5, 0.6) is 0 Å². The standard InChI is InChI=1S/C9H17N3S2/c1-4-8-10-11-9(13)12(8)7(3)6-14-5-2/h7H,4-6H2,1-3H3,(H,11,13). The van der Waals surface area contributed by atoms with Gasteiger partial charge >= 0.3 is 0 Å². The Morgan fingerprint density at radius 2 is 2.29 bits per heavy atom. The zero-order valence-electron chi connectivity index (χ0n) is 8.91. The molecule has 0 aromatic carbocycles. The summed E-state index contributed by atoms with van der Waals surface area (Å²) in [7, 11) is 0. The summed E-state index contributed by atoms with van der Waals surface area (Å²) in [6.07, 6.45) is 0.925. The highest BCUT2D eigenvalue weighted by Gasteiger charge is 2.10. The second-order valence-corrected chi connectivity index (χ2v) is 4.88. The Bertz CT molecular complexity index is 329. The van der Waals surface area contributed by atoms with Crippen molar-refractivity contribution in [3.05, 3.63) is 10.6 Å². The second kappa shape index (κ2) is 5.56. The number of aromatic nitrogens is 3. The van der Waals surface area contributed by atoms with E-state index >= 15 is 0 Å². The molecular weight excluding hydrogens is 214 g/mol. The van der Waals surface area contributed by atoms with Crippen molar-refractivity contribution in [3.8, 4) is 0 Å². The van der Waals surface area contributed by atoms with E-state index in [-0.39, 0.29) is 0 Å². The summed E-state index contributed by atoms with van der Waals surface area (Å²) in [4.78, 5) is 0. The van der Waals surface area contributed by atoms with E-state index in [2.05, 4.69) is 35.5 Å². The predicted octanol–water partition coefficient (Wildman–Crippen LogP) is 2.82. The maximum Gasteiger partial charge on any atom is 0.195 e. The Balaban J connectivity index is 2.81. The maximum absolute atomic E-state index is 5.20. The maximum atomic E-state index is 5.20. The molecule has 0 fully saturated rings. The van der Waals surface area contributed by atoms with Gasteiger partial charge in [-0.1, -0.05) is 13.8 Å². The lowest BCUT2D eigenvalue weighted by Crippen LogP contribution is -2.11. The Morgan fingerprint density at radius 3 is 2.86 bits per heavy atom. The zero-order valence-corrected chi connectivity index (χ0v) is 10.5. The molecule has 0 saturated carbocycles. The van der Waals surface area contributed by atoms with Crippen molar-refractivity contribution >= 4 is 24.0 Å². The summed E-state index contributed by atoms with van der Waals surface area (Å²) < 4.78 is 2.86. The van der Waals surface area contributed by atoms with Crippen LogP contribution < -0.4 is 0 Å². The Labute approximate surface area is 94.3 Å². The number of nitrogens with zero attached hydrogens (tertiary/aromatic N) is 2. The Kier molecular flexibility index (Phi) is 4.68. The number of aromatic amines is 1. The number of aryl methyl sites for hydroxylation is 1. The topological polar surface area (TPSA) is 33.6 Å². The number of nitrogens with one attached hydrogen (secondary N) is 1. The first-order valence-corrected chi connectivity index (χ1v) is 6.50. The second-order valence-electron chi connectivity index (χ2n) is 3.18. The van der Waals surface area contributed by atoms with E-state index in [1.165, 1.54) is 0 Å². The third-order valence-corrected chi connectivity index (χ3v) is 3.51. The number of hydrogen-bond donors (Lipinski definition) is 1. The van der Waals surface area contributed by atoms with Gasteiger partial charge in [0.25, 0.3) is 0 Å². The molecular formula is C9H17N3S2. The molecule has 14 heavy (non-hydrogen) atoms. The van der Waals surface area contributed by atoms with E-state index < -0.39 is 0 Å². The number of H-pyrrole nitrogens is 1. The van der Waals surface area contributed by atoms with Crippen molar-refractivity contribution in [2.75, 3.05) is 11.5 Å². The fraction of sp³-hybridized carbons (Fsp3) is 0.778. The van der Waals surface area contributed by atoms with Crippen LogP contribution in [-0.2, 0) is 6.42 Å². The van der Waals surface area contributed by atoms with Gasteiger partial charge in [-0.05, 0) is 24.9 Å². The van der Waals surface area contributed by atoms with Crippen LogP contribution in [-0.4, -0.2) is 26.3 Å². The summed E-state index contributed by atoms with van der Waals surface area (Å²) >= 11 is 7.14. The average Bonchev–Trinajstić information content (AvgIpc) is 2.56.